The summed E-state index contributed by atoms with van der Waals surface area (Å²) in [7, 11) is 1.52. The van der Waals surface area contributed by atoms with E-state index in [1.807, 2.05) is 0 Å². The first-order valence-corrected chi connectivity index (χ1v) is 11.6. The molecule has 0 saturated heterocycles. The maximum absolute atomic E-state index is 15.0. The SMILES string of the molecule is Cn1ccc(-c2cc(C(=O)Nc3c4cccc(CC(N)=O)c4nn3-c3ccccc3)c(F)cc2C(F)(F)F)n1. The number of hydrogen-bond acceptors (Lipinski definition) is 4. The number of nitrogens with one attached hydrogen (secondary N) is 1. The first-order chi connectivity index (χ1) is 18.5. The van der Waals surface area contributed by atoms with Crippen LogP contribution in [-0.2, 0) is 24.4 Å². The summed E-state index contributed by atoms with van der Waals surface area (Å²) in [5.74, 6) is -2.82. The van der Waals surface area contributed by atoms with Gasteiger partial charge in [0.15, 0.2) is 0 Å². The van der Waals surface area contributed by atoms with E-state index >= 15 is 4.39 Å². The molecule has 0 spiro atoms. The second kappa shape index (κ2) is 9.71. The zero-order chi connectivity index (χ0) is 27.9. The summed E-state index contributed by atoms with van der Waals surface area (Å²) in [6, 6.07) is 16.1. The molecule has 0 bridgehead atoms. The van der Waals surface area contributed by atoms with Crippen LogP contribution in [0.15, 0.2) is 72.9 Å². The Balaban J connectivity index is 1.65. The van der Waals surface area contributed by atoms with Crippen LogP contribution < -0.4 is 11.1 Å². The van der Waals surface area contributed by atoms with Gasteiger partial charge in [0, 0.05) is 24.2 Å². The number of benzene rings is 3. The Morgan fingerprint density at radius 1 is 1.00 bits per heavy atom. The van der Waals surface area contributed by atoms with Gasteiger partial charge in [-0.1, -0.05) is 30.3 Å². The number of carbonyl (C=O) groups excluding carboxylic acids is 2. The number of amides is 2. The van der Waals surface area contributed by atoms with Gasteiger partial charge in [-0.05, 0) is 42.0 Å². The summed E-state index contributed by atoms with van der Waals surface area (Å²) in [4.78, 5) is 25.0. The lowest BCUT2D eigenvalue weighted by molar-refractivity contribution is -0.137. The van der Waals surface area contributed by atoms with Crippen LogP contribution in [-0.4, -0.2) is 31.4 Å². The molecule has 5 rings (SSSR count). The van der Waals surface area contributed by atoms with Gasteiger partial charge in [-0.25, -0.2) is 9.07 Å². The number of nitrogens with two attached hydrogens (primary N) is 1. The Morgan fingerprint density at radius 3 is 2.38 bits per heavy atom. The highest BCUT2D eigenvalue weighted by atomic mass is 19.4. The van der Waals surface area contributed by atoms with Crippen molar-refractivity contribution in [2.24, 2.45) is 12.8 Å². The molecule has 0 fully saturated rings. The number of aryl methyl sites for hydroxylation is 1. The van der Waals surface area contributed by atoms with Gasteiger partial charge >= 0.3 is 6.18 Å². The second-order valence-corrected chi connectivity index (χ2v) is 8.76. The number of nitrogens with zero attached hydrogens (tertiary/aromatic N) is 4. The van der Waals surface area contributed by atoms with Gasteiger partial charge in [0.2, 0.25) is 5.91 Å². The van der Waals surface area contributed by atoms with Crippen molar-refractivity contribution in [2.45, 2.75) is 12.6 Å². The third-order valence-electron chi connectivity index (χ3n) is 6.03. The van der Waals surface area contributed by atoms with Crippen molar-refractivity contribution in [1.82, 2.24) is 19.6 Å². The smallest absolute Gasteiger partial charge is 0.369 e. The predicted molar refractivity (Wildman–Crippen MR) is 136 cm³/mol. The summed E-state index contributed by atoms with van der Waals surface area (Å²) >= 11 is 0. The first kappa shape index (κ1) is 25.6. The first-order valence-electron chi connectivity index (χ1n) is 11.6. The monoisotopic (exact) mass is 536 g/mol. The molecular formula is C27H20F4N6O2. The quantitative estimate of drug-likeness (QED) is 0.302. The maximum atomic E-state index is 15.0. The number of aromatic nitrogens is 4. The summed E-state index contributed by atoms with van der Waals surface area (Å²) < 4.78 is 59.0. The van der Waals surface area contributed by atoms with Gasteiger partial charge in [0.25, 0.3) is 5.91 Å². The summed E-state index contributed by atoms with van der Waals surface area (Å²) in [5, 5.41) is 11.6. The van der Waals surface area contributed by atoms with Gasteiger partial charge in [0.1, 0.15) is 11.6 Å². The van der Waals surface area contributed by atoms with E-state index in [4.69, 9.17) is 5.73 Å². The molecule has 198 valence electrons. The molecule has 3 aromatic carbocycles. The van der Waals surface area contributed by atoms with Crippen LogP contribution in [0.4, 0.5) is 23.4 Å². The van der Waals surface area contributed by atoms with E-state index in [-0.39, 0.29) is 24.0 Å². The molecule has 0 radical (unpaired) electrons. The van der Waals surface area contributed by atoms with Gasteiger partial charge in [-0.3, -0.25) is 14.3 Å². The third kappa shape index (κ3) is 4.96. The van der Waals surface area contributed by atoms with Crippen LogP contribution in [0.2, 0.25) is 0 Å². The number of anilines is 1. The number of alkyl halides is 3. The minimum absolute atomic E-state index is 0.0743. The Morgan fingerprint density at radius 2 is 1.74 bits per heavy atom. The van der Waals surface area contributed by atoms with E-state index < -0.39 is 40.5 Å². The number of para-hydroxylation sites is 1. The molecule has 12 heteroatoms. The largest absolute Gasteiger partial charge is 0.417 e. The van der Waals surface area contributed by atoms with Gasteiger partial charge in [0.05, 0.1) is 34.4 Å². The van der Waals surface area contributed by atoms with E-state index in [9.17, 15) is 22.8 Å². The van der Waals surface area contributed by atoms with Gasteiger partial charge in [-0.2, -0.15) is 23.4 Å². The molecular weight excluding hydrogens is 516 g/mol. The van der Waals surface area contributed by atoms with Crippen LogP contribution >= 0.6 is 0 Å². The minimum Gasteiger partial charge on any atom is -0.369 e. The van der Waals surface area contributed by atoms with E-state index in [0.717, 1.165) is 6.07 Å². The molecule has 3 N–H and O–H groups in total. The average Bonchev–Trinajstić information content (AvgIpc) is 3.48. The fourth-order valence-electron chi connectivity index (χ4n) is 4.30. The number of carbonyl (C=O) groups is 2. The molecule has 0 saturated carbocycles. The number of hydrogen-bond donors (Lipinski definition) is 2. The average molecular weight is 536 g/mol. The van der Waals surface area contributed by atoms with Crippen LogP contribution in [0.25, 0.3) is 27.8 Å². The summed E-state index contributed by atoms with van der Waals surface area (Å²) in [5.41, 5.74) is 4.40. The highest BCUT2D eigenvalue weighted by Gasteiger charge is 2.36. The van der Waals surface area contributed by atoms with Crippen molar-refractivity contribution in [3.05, 3.63) is 95.4 Å². The Hall–Kier alpha value is -5.00. The predicted octanol–water partition coefficient (Wildman–Crippen LogP) is 4.86. The van der Waals surface area contributed by atoms with Crippen molar-refractivity contribution in [1.29, 1.82) is 0 Å². The van der Waals surface area contributed by atoms with Gasteiger partial charge < -0.3 is 11.1 Å². The van der Waals surface area contributed by atoms with Gasteiger partial charge in [-0.15, -0.1) is 0 Å². The fourth-order valence-corrected chi connectivity index (χ4v) is 4.30. The number of fused-ring (bicyclic) bond motifs is 1. The van der Waals surface area contributed by atoms with Crippen molar-refractivity contribution in [3.63, 3.8) is 0 Å². The highest BCUT2D eigenvalue weighted by Crippen LogP contribution is 2.38. The molecule has 2 amide bonds. The van der Waals surface area contributed by atoms with Crippen LogP contribution in [0, 0.1) is 5.82 Å². The zero-order valence-corrected chi connectivity index (χ0v) is 20.3. The second-order valence-electron chi connectivity index (χ2n) is 8.76. The van der Waals surface area contributed by atoms with Crippen molar-refractivity contribution in [2.75, 3.05) is 5.32 Å². The fraction of sp³-hybridized carbons (Fsp3) is 0.111. The molecule has 39 heavy (non-hydrogen) atoms. The lowest BCUT2D eigenvalue weighted by atomic mass is 9.99. The molecule has 0 aliphatic heterocycles. The Kier molecular flexibility index (Phi) is 6.38. The summed E-state index contributed by atoms with van der Waals surface area (Å²) in [6.45, 7) is 0. The Bertz CT molecular complexity index is 1720. The summed E-state index contributed by atoms with van der Waals surface area (Å²) in [6.07, 6.45) is -3.56. The normalized spacial score (nSPS) is 11.6. The van der Waals surface area contributed by atoms with Crippen molar-refractivity contribution in [3.8, 4) is 16.9 Å². The third-order valence-corrected chi connectivity index (χ3v) is 6.03. The van der Waals surface area contributed by atoms with Crippen molar-refractivity contribution >= 4 is 28.5 Å². The molecule has 0 aliphatic rings. The topological polar surface area (TPSA) is 108 Å². The number of primary amides is 1. The Labute approximate surface area is 218 Å². The molecule has 0 unspecified atom stereocenters. The number of halogens is 4. The molecule has 5 aromatic rings. The van der Waals surface area contributed by atoms with Crippen LogP contribution in [0.1, 0.15) is 21.5 Å². The molecule has 8 nitrogen and oxygen atoms in total. The van der Waals surface area contributed by atoms with E-state index in [1.54, 1.807) is 48.5 Å². The lowest BCUT2D eigenvalue weighted by Gasteiger charge is -2.15. The standard InChI is InChI=1S/C27H20F4N6O2/c1-36-11-10-22(34-36)18-13-19(21(28)14-20(18)27(29,30)31)26(39)33-25-17-9-5-6-15(12-23(32)38)24(17)35-37(25)16-7-3-2-4-8-16/h2-11,13-14H,12H2,1H3,(H2,32,38)(H,33,39). The zero-order valence-electron chi connectivity index (χ0n) is 20.3. The van der Waals surface area contributed by atoms with Crippen LogP contribution in [0.3, 0.4) is 0 Å². The molecule has 2 heterocycles. The van der Waals surface area contributed by atoms with E-state index in [2.05, 4.69) is 15.5 Å². The van der Waals surface area contributed by atoms with Crippen molar-refractivity contribution < 1.29 is 27.2 Å². The maximum Gasteiger partial charge on any atom is 0.417 e. The molecule has 0 atom stereocenters. The highest BCUT2D eigenvalue weighted by molar-refractivity contribution is 6.09. The van der Waals surface area contributed by atoms with E-state index in [1.165, 1.54) is 28.7 Å². The minimum atomic E-state index is -4.89. The lowest BCUT2D eigenvalue weighted by Crippen LogP contribution is -2.18. The van der Waals surface area contributed by atoms with Crippen LogP contribution in [0.5, 0.6) is 0 Å². The molecule has 0 aliphatic carbocycles. The number of rotatable bonds is 6. The molecule has 2 aromatic heterocycles. The van der Waals surface area contributed by atoms with E-state index in [0.29, 0.717) is 22.2 Å².